The number of nitrogens with one attached hydrogen (secondary N) is 2. The van der Waals surface area contributed by atoms with Gasteiger partial charge in [0.1, 0.15) is 17.5 Å². The summed E-state index contributed by atoms with van der Waals surface area (Å²) in [6.07, 6.45) is 4.37. The number of hydrogen-bond acceptors (Lipinski definition) is 8. The van der Waals surface area contributed by atoms with Gasteiger partial charge >= 0.3 is 0 Å². The van der Waals surface area contributed by atoms with E-state index in [1.807, 2.05) is 30.3 Å². The molecule has 1 atom stereocenters. The Labute approximate surface area is 272 Å². The van der Waals surface area contributed by atoms with Crippen LogP contribution in [0.3, 0.4) is 0 Å². The summed E-state index contributed by atoms with van der Waals surface area (Å²) >= 11 is 0. The minimum Gasteiger partial charge on any atom is -0.471 e. The standard InChI is InChI=1S/C33H26F2N8O4S/c1-2-29(44)42-14-13-23(18-42)47-33-25-16-22(17-36-32(25)38-39-33)28-19-43(41-37-28)31-26(34)11-12-27(30(31)35)40-48(45,46)24-10-6-9-21(15-24)20-7-4-3-5-8-20/h2-12,15-17,19,23,40H,1,13-14,18H2,(H,36,38,39)/t23-/m0/s1. The number of halogens is 2. The highest BCUT2D eigenvalue weighted by atomic mass is 32.2. The Kier molecular flexibility index (Phi) is 7.88. The van der Waals surface area contributed by atoms with Gasteiger partial charge in [-0.3, -0.25) is 14.6 Å². The molecule has 3 aromatic carbocycles. The van der Waals surface area contributed by atoms with E-state index >= 15 is 8.78 Å². The van der Waals surface area contributed by atoms with Crippen LogP contribution in [0.25, 0.3) is 39.1 Å². The SMILES string of the molecule is C=CC(=O)N1CC[C@H](Oc2n[nH]c3ncc(-c4cn(-c5c(F)ccc(NS(=O)(=O)c6cccc(-c7ccccc7)c6)c5F)nn4)cc23)C1. The minimum atomic E-state index is -4.26. The summed E-state index contributed by atoms with van der Waals surface area (Å²) in [7, 11) is -4.26. The molecule has 0 spiro atoms. The number of carbonyl (C=O) groups is 1. The Hall–Kier alpha value is -5.96. The number of ether oxygens (including phenoxy) is 1. The zero-order valence-electron chi connectivity index (χ0n) is 25.0. The number of rotatable bonds is 9. The lowest BCUT2D eigenvalue weighted by atomic mass is 10.1. The molecule has 0 bridgehead atoms. The second kappa shape index (κ2) is 12.3. The third kappa shape index (κ3) is 5.86. The van der Waals surface area contributed by atoms with E-state index in [1.165, 1.54) is 30.6 Å². The number of aromatic nitrogens is 6. The minimum absolute atomic E-state index is 0.0989. The van der Waals surface area contributed by atoms with Crippen molar-refractivity contribution in [3.8, 4) is 34.0 Å². The van der Waals surface area contributed by atoms with Crippen LogP contribution in [0, 0.1) is 11.6 Å². The summed E-state index contributed by atoms with van der Waals surface area (Å²) < 4.78 is 66.6. The van der Waals surface area contributed by atoms with Crippen LogP contribution in [0.2, 0.25) is 0 Å². The van der Waals surface area contributed by atoms with Crippen LogP contribution in [0.4, 0.5) is 14.5 Å². The smallest absolute Gasteiger partial charge is 0.262 e. The summed E-state index contributed by atoms with van der Waals surface area (Å²) in [5, 5.41) is 15.5. The first-order valence-corrected chi connectivity index (χ1v) is 16.2. The van der Waals surface area contributed by atoms with E-state index < -0.39 is 33.0 Å². The van der Waals surface area contributed by atoms with E-state index in [1.54, 1.807) is 23.1 Å². The van der Waals surface area contributed by atoms with Crippen molar-refractivity contribution in [1.29, 1.82) is 0 Å². The van der Waals surface area contributed by atoms with E-state index in [0.29, 0.717) is 41.7 Å². The van der Waals surface area contributed by atoms with Gasteiger partial charge < -0.3 is 9.64 Å². The average Bonchev–Trinajstić information content (AvgIpc) is 3.87. The highest BCUT2D eigenvalue weighted by Crippen LogP contribution is 2.31. The number of amides is 1. The molecule has 0 radical (unpaired) electrons. The van der Waals surface area contributed by atoms with Crippen molar-refractivity contribution in [2.45, 2.75) is 17.4 Å². The molecular weight excluding hydrogens is 642 g/mol. The summed E-state index contributed by atoms with van der Waals surface area (Å²) in [6, 6.07) is 19.0. The first kappa shape index (κ1) is 30.7. The fourth-order valence-corrected chi connectivity index (χ4v) is 6.54. The van der Waals surface area contributed by atoms with Gasteiger partial charge in [0.2, 0.25) is 11.8 Å². The predicted octanol–water partition coefficient (Wildman–Crippen LogP) is 5.12. The van der Waals surface area contributed by atoms with Crippen molar-refractivity contribution in [2.24, 2.45) is 0 Å². The number of fused-ring (bicyclic) bond motifs is 1. The summed E-state index contributed by atoms with van der Waals surface area (Å²) in [5.41, 5.74) is 1.46. The molecule has 242 valence electrons. The molecule has 1 saturated heterocycles. The molecule has 7 rings (SSSR count). The molecule has 1 fully saturated rings. The van der Waals surface area contributed by atoms with E-state index in [2.05, 4.69) is 36.8 Å². The molecule has 4 heterocycles. The second-order valence-corrected chi connectivity index (χ2v) is 12.7. The number of anilines is 1. The molecule has 0 aliphatic carbocycles. The van der Waals surface area contributed by atoms with E-state index in [0.717, 1.165) is 22.4 Å². The Morgan fingerprint density at radius 2 is 1.85 bits per heavy atom. The lowest BCUT2D eigenvalue weighted by Gasteiger charge is -2.14. The molecule has 3 aromatic heterocycles. The molecule has 0 unspecified atom stereocenters. The number of nitrogens with zero attached hydrogens (tertiary/aromatic N) is 6. The Bertz CT molecular complexity index is 2290. The van der Waals surface area contributed by atoms with Gasteiger partial charge in [-0.1, -0.05) is 54.3 Å². The third-order valence-corrected chi connectivity index (χ3v) is 9.24. The first-order valence-electron chi connectivity index (χ1n) is 14.7. The number of carbonyl (C=O) groups excluding carboxylic acids is 1. The predicted molar refractivity (Wildman–Crippen MR) is 173 cm³/mol. The number of aromatic amines is 1. The van der Waals surface area contributed by atoms with Gasteiger partial charge in [0, 0.05) is 24.7 Å². The highest BCUT2D eigenvalue weighted by Gasteiger charge is 2.28. The highest BCUT2D eigenvalue weighted by molar-refractivity contribution is 7.92. The Balaban J connectivity index is 1.14. The van der Waals surface area contributed by atoms with Crippen LogP contribution >= 0.6 is 0 Å². The van der Waals surface area contributed by atoms with E-state index in [9.17, 15) is 13.2 Å². The number of H-pyrrole nitrogens is 1. The van der Waals surface area contributed by atoms with Crippen molar-refractivity contribution in [3.05, 3.63) is 109 Å². The van der Waals surface area contributed by atoms with Crippen LogP contribution in [-0.4, -0.2) is 68.6 Å². The summed E-state index contributed by atoms with van der Waals surface area (Å²) in [5.74, 6) is -2.08. The molecule has 1 aliphatic heterocycles. The zero-order chi connectivity index (χ0) is 33.4. The van der Waals surface area contributed by atoms with Crippen LogP contribution in [0.1, 0.15) is 6.42 Å². The van der Waals surface area contributed by atoms with Gasteiger partial charge in [0.15, 0.2) is 17.3 Å². The fourth-order valence-electron chi connectivity index (χ4n) is 5.43. The zero-order valence-corrected chi connectivity index (χ0v) is 25.9. The van der Waals surface area contributed by atoms with Gasteiger partial charge in [-0.25, -0.2) is 26.9 Å². The van der Waals surface area contributed by atoms with Gasteiger partial charge in [-0.2, -0.15) is 0 Å². The topological polar surface area (TPSA) is 148 Å². The normalized spacial score (nSPS) is 14.7. The maximum absolute atomic E-state index is 15.8. The van der Waals surface area contributed by atoms with E-state index in [-0.39, 0.29) is 28.5 Å². The largest absolute Gasteiger partial charge is 0.471 e. The number of hydrogen-bond donors (Lipinski definition) is 2. The van der Waals surface area contributed by atoms with Crippen molar-refractivity contribution in [3.63, 3.8) is 0 Å². The number of pyridine rings is 1. The number of benzene rings is 3. The summed E-state index contributed by atoms with van der Waals surface area (Å²) in [6.45, 7) is 4.43. The van der Waals surface area contributed by atoms with Gasteiger partial charge in [0.25, 0.3) is 10.0 Å². The monoisotopic (exact) mass is 668 g/mol. The maximum atomic E-state index is 15.8. The Morgan fingerprint density at radius 3 is 2.67 bits per heavy atom. The van der Waals surface area contributed by atoms with Crippen molar-refractivity contribution < 1.29 is 26.7 Å². The fraction of sp³-hybridized carbons (Fsp3) is 0.121. The van der Waals surface area contributed by atoms with Gasteiger partial charge in [0.05, 0.1) is 28.7 Å². The average molecular weight is 669 g/mol. The number of likely N-dealkylation sites (tertiary alicyclic amines) is 1. The van der Waals surface area contributed by atoms with E-state index in [4.69, 9.17) is 4.74 Å². The molecular formula is C33H26F2N8O4S. The molecule has 6 aromatic rings. The number of sulfonamides is 1. The second-order valence-electron chi connectivity index (χ2n) is 11.0. The quantitative estimate of drug-likeness (QED) is 0.202. The molecule has 2 N–H and O–H groups in total. The lowest BCUT2D eigenvalue weighted by molar-refractivity contribution is -0.125. The maximum Gasteiger partial charge on any atom is 0.262 e. The van der Waals surface area contributed by atoms with Crippen molar-refractivity contribution in [1.82, 2.24) is 35.1 Å². The molecule has 1 amide bonds. The lowest BCUT2D eigenvalue weighted by Crippen LogP contribution is -2.29. The molecule has 15 heteroatoms. The third-order valence-electron chi connectivity index (χ3n) is 7.87. The molecule has 1 aliphatic rings. The van der Waals surface area contributed by atoms with Gasteiger partial charge in [-0.15, -0.1) is 10.2 Å². The van der Waals surface area contributed by atoms with Gasteiger partial charge in [-0.05, 0) is 47.5 Å². The summed E-state index contributed by atoms with van der Waals surface area (Å²) in [4.78, 5) is 17.8. The van der Waals surface area contributed by atoms with Crippen LogP contribution in [-0.2, 0) is 14.8 Å². The van der Waals surface area contributed by atoms with Crippen LogP contribution in [0.5, 0.6) is 5.88 Å². The van der Waals surface area contributed by atoms with Crippen LogP contribution in [0.15, 0.2) is 103 Å². The van der Waals surface area contributed by atoms with Crippen molar-refractivity contribution in [2.75, 3.05) is 17.8 Å². The molecule has 48 heavy (non-hydrogen) atoms. The Morgan fingerprint density at radius 1 is 1.04 bits per heavy atom. The first-order chi connectivity index (χ1) is 23.2. The van der Waals surface area contributed by atoms with Crippen molar-refractivity contribution >= 4 is 32.7 Å². The molecule has 12 nitrogen and oxygen atoms in total. The van der Waals surface area contributed by atoms with Crippen LogP contribution < -0.4 is 9.46 Å². The molecule has 0 saturated carbocycles.